The quantitative estimate of drug-likeness (QED) is 0.863. The van der Waals surface area contributed by atoms with Crippen LogP contribution in [0.3, 0.4) is 0 Å². The fourth-order valence-corrected chi connectivity index (χ4v) is 3.89. The number of nitrogens with two attached hydrogens (primary N) is 1. The second kappa shape index (κ2) is 3.86. The van der Waals surface area contributed by atoms with E-state index in [0.29, 0.717) is 0 Å². The van der Waals surface area contributed by atoms with Crippen molar-refractivity contribution in [3.8, 4) is 0 Å². The average Bonchev–Trinajstić information content (AvgIpc) is 2.92. The molecule has 0 aliphatic heterocycles. The van der Waals surface area contributed by atoms with Gasteiger partial charge in [0.25, 0.3) is 0 Å². The number of hydrogen-bond donors (Lipinski definition) is 1. The summed E-state index contributed by atoms with van der Waals surface area (Å²) in [5, 5.41) is -0.375. The molecule has 0 unspecified atom stereocenters. The highest BCUT2D eigenvalue weighted by Crippen LogP contribution is 2.45. The molecule has 1 aromatic rings. The summed E-state index contributed by atoms with van der Waals surface area (Å²) < 4.78 is 23.5. The van der Waals surface area contributed by atoms with Crippen molar-refractivity contribution in [1.82, 2.24) is 0 Å². The first-order valence-electron chi connectivity index (χ1n) is 5.51. The smallest absolute Gasteiger partial charge is 0.155 e. The van der Waals surface area contributed by atoms with Gasteiger partial charge in [-0.15, -0.1) is 0 Å². The molecule has 3 nitrogen and oxygen atoms in total. The van der Waals surface area contributed by atoms with Crippen LogP contribution in [0.4, 0.5) is 0 Å². The summed E-state index contributed by atoms with van der Waals surface area (Å²) in [6.07, 6.45) is 0. The molecule has 1 fully saturated rings. The lowest BCUT2D eigenvalue weighted by atomic mass is 10.1. The molecule has 1 aromatic carbocycles. The fourth-order valence-electron chi connectivity index (χ4n) is 2.16. The SMILES string of the molecule is CCS(=O)(=O)[C@H]1[C@H](N)[C@@H]1c1ccc(C)cc1. The summed E-state index contributed by atoms with van der Waals surface area (Å²) in [4.78, 5) is 0. The summed E-state index contributed by atoms with van der Waals surface area (Å²) in [6, 6.07) is 7.72. The topological polar surface area (TPSA) is 60.2 Å². The van der Waals surface area contributed by atoms with Crippen LogP contribution in [0, 0.1) is 6.92 Å². The Morgan fingerprint density at radius 2 is 1.81 bits per heavy atom. The Balaban J connectivity index is 2.24. The van der Waals surface area contributed by atoms with Crippen LogP contribution in [0.15, 0.2) is 24.3 Å². The molecule has 2 N–H and O–H groups in total. The molecular weight excluding hydrogens is 222 g/mol. The minimum absolute atomic E-state index is 0.00875. The number of sulfone groups is 1. The van der Waals surface area contributed by atoms with Gasteiger partial charge >= 0.3 is 0 Å². The van der Waals surface area contributed by atoms with Gasteiger partial charge in [0, 0.05) is 17.7 Å². The molecule has 3 atom stereocenters. The molecule has 4 heteroatoms. The number of rotatable bonds is 3. The third kappa shape index (κ3) is 1.87. The molecule has 0 amide bonds. The van der Waals surface area contributed by atoms with Crippen molar-refractivity contribution >= 4 is 9.84 Å². The minimum atomic E-state index is -3.01. The van der Waals surface area contributed by atoms with E-state index in [2.05, 4.69) is 0 Å². The second-order valence-corrected chi connectivity index (χ2v) is 6.88. The maximum absolute atomic E-state index is 11.7. The molecule has 0 heterocycles. The van der Waals surface area contributed by atoms with Gasteiger partial charge in [-0.3, -0.25) is 0 Å². The van der Waals surface area contributed by atoms with Crippen molar-refractivity contribution in [1.29, 1.82) is 0 Å². The third-order valence-corrected chi connectivity index (χ3v) is 5.53. The first kappa shape index (κ1) is 11.6. The van der Waals surface area contributed by atoms with Crippen LogP contribution in [-0.4, -0.2) is 25.5 Å². The number of hydrogen-bond acceptors (Lipinski definition) is 3. The van der Waals surface area contributed by atoms with Crippen LogP contribution < -0.4 is 5.73 Å². The second-order valence-electron chi connectivity index (χ2n) is 4.43. The maximum atomic E-state index is 11.7. The first-order valence-corrected chi connectivity index (χ1v) is 7.22. The predicted octanol–water partition coefficient (Wildman–Crippen LogP) is 1.22. The lowest BCUT2D eigenvalue weighted by Crippen LogP contribution is -2.17. The Bertz CT molecular complexity index is 478. The van der Waals surface area contributed by atoms with Crippen LogP contribution >= 0.6 is 0 Å². The van der Waals surface area contributed by atoms with Gasteiger partial charge in [0.2, 0.25) is 0 Å². The maximum Gasteiger partial charge on any atom is 0.155 e. The zero-order chi connectivity index (χ0) is 11.9. The van der Waals surface area contributed by atoms with Gasteiger partial charge < -0.3 is 5.73 Å². The van der Waals surface area contributed by atoms with Crippen molar-refractivity contribution in [2.24, 2.45) is 5.73 Å². The Morgan fingerprint density at radius 1 is 1.25 bits per heavy atom. The normalized spacial score (nSPS) is 29.1. The summed E-state index contributed by atoms with van der Waals surface area (Å²) >= 11 is 0. The van der Waals surface area contributed by atoms with Crippen LogP contribution in [0.1, 0.15) is 24.0 Å². The first-order chi connectivity index (χ1) is 7.47. The highest BCUT2D eigenvalue weighted by Gasteiger charge is 2.55. The van der Waals surface area contributed by atoms with E-state index in [4.69, 9.17) is 5.73 Å². The average molecular weight is 239 g/mol. The van der Waals surface area contributed by atoms with E-state index in [0.717, 1.165) is 5.56 Å². The highest BCUT2D eigenvalue weighted by atomic mass is 32.2. The predicted molar refractivity (Wildman–Crippen MR) is 65.1 cm³/mol. The van der Waals surface area contributed by atoms with E-state index in [1.54, 1.807) is 6.92 Å². The van der Waals surface area contributed by atoms with E-state index in [-0.39, 0.29) is 23.0 Å². The Hall–Kier alpha value is -0.870. The van der Waals surface area contributed by atoms with Crippen molar-refractivity contribution in [3.05, 3.63) is 35.4 Å². The van der Waals surface area contributed by atoms with Crippen LogP contribution in [0.25, 0.3) is 0 Å². The lowest BCUT2D eigenvalue weighted by Gasteiger charge is -2.01. The lowest BCUT2D eigenvalue weighted by molar-refractivity contribution is 0.594. The molecular formula is C12H17NO2S. The van der Waals surface area contributed by atoms with Crippen LogP contribution in [-0.2, 0) is 9.84 Å². The standard InChI is InChI=1S/C12H17NO2S/c1-3-16(14,15)12-10(11(12)13)9-6-4-8(2)5-7-9/h4-7,10-12H,3,13H2,1-2H3/t10-,11+,12+/m0/s1. The van der Waals surface area contributed by atoms with Crippen molar-refractivity contribution in [3.63, 3.8) is 0 Å². The van der Waals surface area contributed by atoms with Crippen LogP contribution in [0.5, 0.6) is 0 Å². The molecule has 1 saturated carbocycles. The monoisotopic (exact) mass is 239 g/mol. The van der Waals surface area contributed by atoms with E-state index < -0.39 is 9.84 Å². The molecule has 2 rings (SSSR count). The molecule has 16 heavy (non-hydrogen) atoms. The Morgan fingerprint density at radius 3 is 2.31 bits per heavy atom. The van der Waals surface area contributed by atoms with E-state index in [9.17, 15) is 8.42 Å². The van der Waals surface area contributed by atoms with Gasteiger partial charge in [-0.25, -0.2) is 8.42 Å². The van der Waals surface area contributed by atoms with Crippen molar-refractivity contribution in [2.45, 2.75) is 31.1 Å². The van der Waals surface area contributed by atoms with Gasteiger partial charge in [-0.2, -0.15) is 0 Å². The van der Waals surface area contributed by atoms with Gasteiger partial charge in [0.1, 0.15) is 0 Å². The molecule has 0 bridgehead atoms. The zero-order valence-corrected chi connectivity index (χ0v) is 10.4. The molecule has 0 spiro atoms. The van der Waals surface area contributed by atoms with E-state index in [1.165, 1.54) is 5.56 Å². The number of benzene rings is 1. The largest absolute Gasteiger partial charge is 0.326 e. The fraction of sp³-hybridized carbons (Fsp3) is 0.500. The molecule has 0 saturated heterocycles. The van der Waals surface area contributed by atoms with Gasteiger partial charge in [-0.1, -0.05) is 36.8 Å². The van der Waals surface area contributed by atoms with E-state index >= 15 is 0 Å². The summed E-state index contributed by atoms with van der Waals surface area (Å²) in [6.45, 7) is 3.68. The zero-order valence-electron chi connectivity index (χ0n) is 9.55. The van der Waals surface area contributed by atoms with Gasteiger partial charge in [0.15, 0.2) is 9.84 Å². The highest BCUT2D eigenvalue weighted by molar-refractivity contribution is 7.92. The summed E-state index contributed by atoms with van der Waals surface area (Å²) in [7, 11) is -3.01. The molecule has 88 valence electrons. The van der Waals surface area contributed by atoms with Gasteiger partial charge in [-0.05, 0) is 12.5 Å². The van der Waals surface area contributed by atoms with Crippen LogP contribution in [0.2, 0.25) is 0 Å². The van der Waals surface area contributed by atoms with Crippen molar-refractivity contribution in [2.75, 3.05) is 5.75 Å². The third-order valence-electron chi connectivity index (χ3n) is 3.29. The Kier molecular flexibility index (Phi) is 2.80. The summed E-state index contributed by atoms with van der Waals surface area (Å²) in [5.41, 5.74) is 8.08. The molecule has 0 aromatic heterocycles. The number of aryl methyl sites for hydroxylation is 1. The van der Waals surface area contributed by atoms with E-state index in [1.807, 2.05) is 31.2 Å². The van der Waals surface area contributed by atoms with Gasteiger partial charge in [0.05, 0.1) is 5.25 Å². The summed E-state index contributed by atoms with van der Waals surface area (Å²) in [5.74, 6) is 0.166. The Labute approximate surface area is 96.6 Å². The van der Waals surface area contributed by atoms with Crippen molar-refractivity contribution < 1.29 is 8.42 Å². The molecule has 0 radical (unpaired) electrons. The minimum Gasteiger partial charge on any atom is -0.326 e. The molecule has 1 aliphatic carbocycles. The molecule has 1 aliphatic rings.